The van der Waals surface area contributed by atoms with Crippen molar-refractivity contribution in [3.8, 4) is 0 Å². The maximum atomic E-state index is 11.5. The zero-order chi connectivity index (χ0) is 14.3. The number of hydrogen-bond acceptors (Lipinski definition) is 3. The predicted octanol–water partition coefficient (Wildman–Crippen LogP) is 0.663. The van der Waals surface area contributed by atoms with Gasteiger partial charge in [-0.15, -0.1) is 0 Å². The second-order valence-electron chi connectivity index (χ2n) is 4.04. The van der Waals surface area contributed by atoms with E-state index in [-0.39, 0.29) is 6.42 Å². The number of aliphatic carboxylic acids is 2. The molecule has 102 valence electrons. The van der Waals surface area contributed by atoms with Crippen LogP contribution in [0.4, 0.5) is 0 Å². The SMILES string of the molecule is O=C(O)C[C@@H](NC(=O)CCc1ccccc1)C(=O)O. The third-order valence-electron chi connectivity index (χ3n) is 2.50. The normalized spacial score (nSPS) is 11.6. The lowest BCUT2D eigenvalue weighted by molar-refractivity contribution is -0.147. The van der Waals surface area contributed by atoms with Crippen LogP contribution in [0.1, 0.15) is 18.4 Å². The van der Waals surface area contributed by atoms with Crippen molar-refractivity contribution in [3.05, 3.63) is 35.9 Å². The number of benzene rings is 1. The van der Waals surface area contributed by atoms with Gasteiger partial charge in [-0.1, -0.05) is 30.3 Å². The Hall–Kier alpha value is -2.37. The summed E-state index contributed by atoms with van der Waals surface area (Å²) in [4.78, 5) is 32.8. The summed E-state index contributed by atoms with van der Waals surface area (Å²) < 4.78 is 0. The minimum atomic E-state index is -1.39. The molecule has 0 radical (unpaired) electrons. The van der Waals surface area contributed by atoms with Crippen LogP contribution in [0.5, 0.6) is 0 Å². The molecule has 0 spiro atoms. The lowest BCUT2D eigenvalue weighted by atomic mass is 10.1. The van der Waals surface area contributed by atoms with Crippen LogP contribution >= 0.6 is 0 Å². The highest BCUT2D eigenvalue weighted by Crippen LogP contribution is 2.03. The molecule has 1 aromatic carbocycles. The third kappa shape index (κ3) is 5.67. The summed E-state index contributed by atoms with van der Waals surface area (Å²) in [5, 5.41) is 19.5. The van der Waals surface area contributed by atoms with Crippen LogP contribution in [0.15, 0.2) is 30.3 Å². The Kier molecular flexibility index (Phi) is 5.53. The Labute approximate surface area is 110 Å². The Bertz CT molecular complexity index is 457. The van der Waals surface area contributed by atoms with Gasteiger partial charge in [0.15, 0.2) is 0 Å². The Morgan fingerprint density at radius 1 is 1.11 bits per heavy atom. The molecular formula is C13H15NO5. The summed E-state index contributed by atoms with van der Waals surface area (Å²) in [5.74, 6) is -3.09. The van der Waals surface area contributed by atoms with E-state index >= 15 is 0 Å². The topological polar surface area (TPSA) is 104 Å². The number of carbonyl (C=O) groups excluding carboxylic acids is 1. The molecule has 0 saturated carbocycles. The van der Waals surface area contributed by atoms with E-state index in [1.54, 1.807) is 0 Å². The summed E-state index contributed by atoms with van der Waals surface area (Å²) in [6.07, 6.45) is -0.0358. The number of rotatable bonds is 7. The Morgan fingerprint density at radius 3 is 2.26 bits per heavy atom. The van der Waals surface area contributed by atoms with E-state index in [9.17, 15) is 14.4 Å². The molecule has 1 atom stereocenters. The van der Waals surface area contributed by atoms with Gasteiger partial charge in [0.25, 0.3) is 0 Å². The van der Waals surface area contributed by atoms with E-state index in [2.05, 4.69) is 5.32 Å². The van der Waals surface area contributed by atoms with Gasteiger partial charge in [-0.3, -0.25) is 9.59 Å². The van der Waals surface area contributed by atoms with Gasteiger partial charge in [0, 0.05) is 6.42 Å². The first-order valence-electron chi connectivity index (χ1n) is 5.77. The van der Waals surface area contributed by atoms with Gasteiger partial charge >= 0.3 is 11.9 Å². The smallest absolute Gasteiger partial charge is 0.326 e. The van der Waals surface area contributed by atoms with Crippen molar-refractivity contribution in [1.29, 1.82) is 0 Å². The molecule has 0 aliphatic heterocycles. The van der Waals surface area contributed by atoms with Gasteiger partial charge in [0.2, 0.25) is 5.91 Å². The number of nitrogens with one attached hydrogen (secondary N) is 1. The summed E-state index contributed by atoms with van der Waals surface area (Å²) in [6.45, 7) is 0. The molecule has 0 aliphatic carbocycles. The Morgan fingerprint density at radius 2 is 1.74 bits per heavy atom. The number of carboxylic acid groups (broad SMARTS) is 2. The van der Waals surface area contributed by atoms with Gasteiger partial charge in [-0.05, 0) is 12.0 Å². The Balaban J connectivity index is 2.45. The van der Waals surface area contributed by atoms with Crippen molar-refractivity contribution in [1.82, 2.24) is 5.32 Å². The van der Waals surface area contributed by atoms with Gasteiger partial charge in [0.05, 0.1) is 6.42 Å². The maximum Gasteiger partial charge on any atom is 0.326 e. The molecule has 1 amide bonds. The second-order valence-corrected chi connectivity index (χ2v) is 4.04. The first kappa shape index (κ1) is 14.7. The largest absolute Gasteiger partial charge is 0.481 e. The molecule has 0 bridgehead atoms. The van der Waals surface area contributed by atoms with Crippen molar-refractivity contribution in [2.75, 3.05) is 0 Å². The highest BCUT2D eigenvalue weighted by atomic mass is 16.4. The van der Waals surface area contributed by atoms with Crippen molar-refractivity contribution in [2.45, 2.75) is 25.3 Å². The fourth-order valence-electron chi connectivity index (χ4n) is 1.54. The monoisotopic (exact) mass is 265 g/mol. The summed E-state index contributed by atoms with van der Waals surface area (Å²) in [7, 11) is 0. The van der Waals surface area contributed by atoms with Crippen LogP contribution in [0.25, 0.3) is 0 Å². The molecule has 0 heterocycles. The maximum absolute atomic E-state index is 11.5. The molecule has 19 heavy (non-hydrogen) atoms. The molecular weight excluding hydrogens is 250 g/mol. The number of aryl methyl sites for hydroxylation is 1. The van der Waals surface area contributed by atoms with Crippen molar-refractivity contribution in [3.63, 3.8) is 0 Å². The molecule has 0 saturated heterocycles. The van der Waals surface area contributed by atoms with E-state index in [1.807, 2.05) is 30.3 Å². The summed E-state index contributed by atoms with van der Waals surface area (Å²) in [6, 6.07) is 7.88. The van der Waals surface area contributed by atoms with Crippen LogP contribution in [-0.2, 0) is 20.8 Å². The van der Waals surface area contributed by atoms with E-state index in [0.717, 1.165) is 5.56 Å². The van der Waals surface area contributed by atoms with Crippen molar-refractivity contribution >= 4 is 17.8 Å². The second kappa shape index (κ2) is 7.15. The third-order valence-corrected chi connectivity index (χ3v) is 2.50. The quantitative estimate of drug-likeness (QED) is 0.672. The molecule has 6 heteroatoms. The van der Waals surface area contributed by atoms with Crippen LogP contribution in [0.3, 0.4) is 0 Å². The van der Waals surface area contributed by atoms with E-state index in [4.69, 9.17) is 10.2 Å². The molecule has 1 aromatic rings. The van der Waals surface area contributed by atoms with Crippen LogP contribution < -0.4 is 5.32 Å². The standard InChI is InChI=1S/C13H15NO5/c15-11(7-6-9-4-2-1-3-5-9)14-10(13(18)19)8-12(16)17/h1-5,10H,6-8H2,(H,14,15)(H,16,17)(H,18,19)/t10-/m1/s1. The molecule has 0 fully saturated rings. The number of amides is 1. The predicted molar refractivity (Wildman–Crippen MR) is 66.6 cm³/mol. The van der Waals surface area contributed by atoms with Crippen molar-refractivity contribution in [2.24, 2.45) is 0 Å². The molecule has 3 N–H and O–H groups in total. The molecule has 6 nitrogen and oxygen atoms in total. The zero-order valence-electron chi connectivity index (χ0n) is 10.2. The van der Waals surface area contributed by atoms with Crippen LogP contribution in [0.2, 0.25) is 0 Å². The fraction of sp³-hybridized carbons (Fsp3) is 0.308. The average Bonchev–Trinajstić information content (AvgIpc) is 2.36. The van der Waals surface area contributed by atoms with Crippen LogP contribution in [-0.4, -0.2) is 34.1 Å². The highest BCUT2D eigenvalue weighted by molar-refractivity contribution is 5.86. The highest BCUT2D eigenvalue weighted by Gasteiger charge is 2.22. The van der Waals surface area contributed by atoms with Crippen LogP contribution in [0, 0.1) is 0 Å². The summed E-state index contributed by atoms with van der Waals surface area (Å²) >= 11 is 0. The molecule has 1 rings (SSSR count). The minimum absolute atomic E-state index is 0.118. The van der Waals surface area contributed by atoms with E-state index in [1.165, 1.54) is 0 Å². The minimum Gasteiger partial charge on any atom is -0.481 e. The summed E-state index contributed by atoms with van der Waals surface area (Å²) in [5.41, 5.74) is 0.961. The lowest BCUT2D eigenvalue weighted by Crippen LogP contribution is -2.42. The van der Waals surface area contributed by atoms with Gasteiger partial charge in [-0.25, -0.2) is 4.79 Å². The van der Waals surface area contributed by atoms with E-state index in [0.29, 0.717) is 6.42 Å². The van der Waals surface area contributed by atoms with Crippen molar-refractivity contribution < 1.29 is 24.6 Å². The number of hydrogen-bond donors (Lipinski definition) is 3. The fourth-order valence-corrected chi connectivity index (χ4v) is 1.54. The molecule has 0 unspecified atom stereocenters. The first-order valence-corrected chi connectivity index (χ1v) is 5.77. The van der Waals surface area contributed by atoms with Gasteiger partial charge < -0.3 is 15.5 Å². The van der Waals surface area contributed by atoms with Gasteiger partial charge in [-0.2, -0.15) is 0 Å². The lowest BCUT2D eigenvalue weighted by Gasteiger charge is -2.12. The first-order chi connectivity index (χ1) is 8.99. The molecule has 0 aliphatic rings. The average molecular weight is 265 g/mol. The van der Waals surface area contributed by atoms with Gasteiger partial charge in [0.1, 0.15) is 6.04 Å². The van der Waals surface area contributed by atoms with E-state index < -0.39 is 30.3 Å². The zero-order valence-corrected chi connectivity index (χ0v) is 10.2. The number of carboxylic acids is 2. The number of carbonyl (C=O) groups is 3. The molecule has 0 aromatic heterocycles.